The van der Waals surface area contributed by atoms with Crippen molar-refractivity contribution in [1.29, 1.82) is 0 Å². The maximum absolute atomic E-state index is 9.40. The fourth-order valence-corrected chi connectivity index (χ4v) is 2.69. The number of hydrogen-bond acceptors (Lipinski definition) is 5. The Labute approximate surface area is 115 Å². The Morgan fingerprint density at radius 1 is 1.42 bits per heavy atom. The number of anilines is 1. The molecular weight excluding hydrogens is 240 g/mol. The molecule has 1 aliphatic heterocycles. The van der Waals surface area contributed by atoms with E-state index in [2.05, 4.69) is 26.8 Å². The van der Waals surface area contributed by atoms with Crippen molar-refractivity contribution in [2.45, 2.75) is 25.9 Å². The summed E-state index contributed by atoms with van der Waals surface area (Å²) in [6, 6.07) is 0. The van der Waals surface area contributed by atoms with Gasteiger partial charge in [0.1, 0.15) is 5.82 Å². The summed E-state index contributed by atoms with van der Waals surface area (Å²) in [5.41, 5.74) is 0. The molecule has 1 unspecified atom stereocenters. The maximum atomic E-state index is 9.40. The van der Waals surface area contributed by atoms with E-state index in [1.807, 2.05) is 13.1 Å². The summed E-state index contributed by atoms with van der Waals surface area (Å²) in [6.45, 7) is 5.86. The average Bonchev–Trinajstić information content (AvgIpc) is 2.41. The van der Waals surface area contributed by atoms with E-state index in [4.69, 9.17) is 0 Å². The molecule has 0 amide bonds. The largest absolute Gasteiger partial charge is 0.392 e. The first kappa shape index (κ1) is 14.2. The minimum atomic E-state index is -0.223. The van der Waals surface area contributed by atoms with Gasteiger partial charge in [-0.1, -0.05) is 0 Å². The Morgan fingerprint density at radius 2 is 2.16 bits per heavy atom. The Kier molecular flexibility index (Phi) is 5.10. The summed E-state index contributed by atoms with van der Waals surface area (Å²) in [5, 5.41) is 9.40. The van der Waals surface area contributed by atoms with Crippen LogP contribution in [0.2, 0.25) is 0 Å². The second kappa shape index (κ2) is 6.82. The van der Waals surface area contributed by atoms with Gasteiger partial charge in [-0.05, 0) is 38.8 Å². The van der Waals surface area contributed by atoms with Gasteiger partial charge in [-0.3, -0.25) is 4.98 Å². The van der Waals surface area contributed by atoms with E-state index >= 15 is 0 Å². The van der Waals surface area contributed by atoms with Crippen LogP contribution in [-0.2, 0) is 0 Å². The highest BCUT2D eigenvalue weighted by atomic mass is 16.3. The lowest BCUT2D eigenvalue weighted by Gasteiger charge is -2.34. The fraction of sp³-hybridized carbons (Fsp3) is 0.714. The summed E-state index contributed by atoms with van der Waals surface area (Å²) in [5.74, 6) is 1.64. The van der Waals surface area contributed by atoms with E-state index in [-0.39, 0.29) is 6.10 Å². The zero-order valence-electron chi connectivity index (χ0n) is 11.9. The summed E-state index contributed by atoms with van der Waals surface area (Å²) in [6.07, 6.45) is 7.40. The first-order valence-electron chi connectivity index (χ1n) is 7.02. The van der Waals surface area contributed by atoms with Crippen LogP contribution in [0.15, 0.2) is 18.6 Å². The third kappa shape index (κ3) is 4.44. The summed E-state index contributed by atoms with van der Waals surface area (Å²) < 4.78 is 0. The topological polar surface area (TPSA) is 52.5 Å². The summed E-state index contributed by atoms with van der Waals surface area (Å²) in [7, 11) is 2.08. The SMILES string of the molecule is CC(O)CN1CCC(CN(C)c2cnccn2)CC1. The first-order valence-corrected chi connectivity index (χ1v) is 7.02. The predicted octanol–water partition coefficient (Wildman–Crippen LogP) is 1.01. The molecule has 0 aliphatic carbocycles. The number of piperidine rings is 1. The molecule has 1 saturated heterocycles. The molecule has 1 aliphatic rings. The van der Waals surface area contributed by atoms with E-state index in [0.717, 1.165) is 32.0 Å². The smallest absolute Gasteiger partial charge is 0.146 e. The van der Waals surface area contributed by atoms with Gasteiger partial charge >= 0.3 is 0 Å². The zero-order valence-corrected chi connectivity index (χ0v) is 11.9. The molecule has 0 bridgehead atoms. The molecule has 5 nitrogen and oxygen atoms in total. The van der Waals surface area contributed by atoms with Crippen LogP contribution >= 0.6 is 0 Å². The highest BCUT2D eigenvalue weighted by molar-refractivity contribution is 5.33. The zero-order chi connectivity index (χ0) is 13.7. The van der Waals surface area contributed by atoms with Crippen LogP contribution in [0.25, 0.3) is 0 Å². The van der Waals surface area contributed by atoms with E-state index in [1.54, 1.807) is 12.4 Å². The van der Waals surface area contributed by atoms with Crippen LogP contribution < -0.4 is 4.90 Å². The van der Waals surface area contributed by atoms with Crippen LogP contribution in [-0.4, -0.2) is 59.3 Å². The van der Waals surface area contributed by atoms with E-state index in [0.29, 0.717) is 5.92 Å². The molecule has 19 heavy (non-hydrogen) atoms. The molecule has 2 heterocycles. The van der Waals surface area contributed by atoms with Crippen LogP contribution in [0.1, 0.15) is 19.8 Å². The van der Waals surface area contributed by atoms with Gasteiger partial charge in [0.05, 0.1) is 12.3 Å². The number of nitrogens with zero attached hydrogens (tertiary/aromatic N) is 4. The normalized spacial score (nSPS) is 19.3. The highest BCUT2D eigenvalue weighted by Gasteiger charge is 2.21. The van der Waals surface area contributed by atoms with Crippen LogP contribution in [0, 0.1) is 5.92 Å². The molecule has 1 aromatic rings. The lowest BCUT2D eigenvalue weighted by atomic mass is 9.96. The first-order chi connectivity index (χ1) is 9.15. The van der Waals surface area contributed by atoms with Crippen LogP contribution in [0.4, 0.5) is 5.82 Å². The van der Waals surface area contributed by atoms with Crippen molar-refractivity contribution in [2.24, 2.45) is 5.92 Å². The number of aromatic nitrogens is 2. The van der Waals surface area contributed by atoms with Crippen molar-refractivity contribution in [3.8, 4) is 0 Å². The molecule has 1 aromatic heterocycles. The number of likely N-dealkylation sites (tertiary alicyclic amines) is 1. The molecule has 0 saturated carbocycles. The number of aliphatic hydroxyl groups excluding tert-OH is 1. The van der Waals surface area contributed by atoms with Crippen LogP contribution in [0.3, 0.4) is 0 Å². The van der Waals surface area contributed by atoms with Crippen molar-refractivity contribution in [1.82, 2.24) is 14.9 Å². The number of β-amino-alcohol motifs (C(OH)–C–C–N with tert-alkyl or cyclic N) is 1. The Hall–Kier alpha value is -1.20. The van der Waals surface area contributed by atoms with Crippen molar-refractivity contribution in [2.75, 3.05) is 38.1 Å². The van der Waals surface area contributed by atoms with Gasteiger partial charge < -0.3 is 14.9 Å². The molecule has 106 valence electrons. The van der Waals surface area contributed by atoms with Crippen molar-refractivity contribution < 1.29 is 5.11 Å². The van der Waals surface area contributed by atoms with Gasteiger partial charge in [-0.2, -0.15) is 0 Å². The van der Waals surface area contributed by atoms with Gasteiger partial charge in [-0.25, -0.2) is 4.98 Å². The molecule has 0 radical (unpaired) electrons. The van der Waals surface area contributed by atoms with E-state index in [9.17, 15) is 5.11 Å². The average molecular weight is 264 g/mol. The van der Waals surface area contributed by atoms with Gasteiger partial charge in [0, 0.05) is 32.5 Å². The minimum absolute atomic E-state index is 0.223. The Bertz CT molecular complexity index is 363. The lowest BCUT2D eigenvalue weighted by Crippen LogP contribution is -2.40. The molecule has 0 spiro atoms. The summed E-state index contributed by atoms with van der Waals surface area (Å²) in [4.78, 5) is 13.0. The third-order valence-electron chi connectivity index (χ3n) is 3.70. The van der Waals surface area contributed by atoms with E-state index < -0.39 is 0 Å². The Morgan fingerprint density at radius 3 is 2.74 bits per heavy atom. The number of hydrogen-bond donors (Lipinski definition) is 1. The summed E-state index contributed by atoms with van der Waals surface area (Å²) >= 11 is 0. The monoisotopic (exact) mass is 264 g/mol. The van der Waals surface area contributed by atoms with Crippen molar-refractivity contribution in [3.05, 3.63) is 18.6 Å². The predicted molar refractivity (Wildman–Crippen MR) is 76.1 cm³/mol. The molecule has 0 aromatic carbocycles. The quantitative estimate of drug-likeness (QED) is 0.860. The van der Waals surface area contributed by atoms with Gasteiger partial charge in [-0.15, -0.1) is 0 Å². The highest BCUT2D eigenvalue weighted by Crippen LogP contribution is 2.19. The number of rotatable bonds is 5. The fourth-order valence-electron chi connectivity index (χ4n) is 2.69. The van der Waals surface area contributed by atoms with E-state index in [1.165, 1.54) is 12.8 Å². The van der Waals surface area contributed by atoms with Crippen molar-refractivity contribution >= 4 is 5.82 Å². The molecular formula is C14H24N4O. The molecule has 1 fully saturated rings. The van der Waals surface area contributed by atoms with Gasteiger partial charge in [0.25, 0.3) is 0 Å². The van der Waals surface area contributed by atoms with Gasteiger partial charge in [0.2, 0.25) is 0 Å². The molecule has 5 heteroatoms. The maximum Gasteiger partial charge on any atom is 0.146 e. The van der Waals surface area contributed by atoms with Gasteiger partial charge in [0.15, 0.2) is 0 Å². The molecule has 2 rings (SSSR count). The molecule has 1 atom stereocenters. The lowest BCUT2D eigenvalue weighted by molar-refractivity contribution is 0.101. The van der Waals surface area contributed by atoms with Crippen molar-refractivity contribution in [3.63, 3.8) is 0 Å². The molecule has 1 N–H and O–H groups in total. The second-order valence-electron chi connectivity index (χ2n) is 5.54. The number of aliphatic hydroxyl groups is 1. The second-order valence-corrected chi connectivity index (χ2v) is 5.54. The standard InChI is InChI=1S/C14H24N4O/c1-12(19)10-18-7-3-13(4-8-18)11-17(2)14-9-15-5-6-16-14/h5-6,9,12-13,19H,3-4,7-8,10-11H2,1-2H3. The van der Waals surface area contributed by atoms with Crippen LogP contribution in [0.5, 0.6) is 0 Å². The Balaban J connectivity index is 1.76. The third-order valence-corrected chi connectivity index (χ3v) is 3.70. The minimum Gasteiger partial charge on any atom is -0.392 e.